The molecule has 10 heteroatoms. The lowest BCUT2D eigenvalue weighted by atomic mass is 10.2. The van der Waals surface area contributed by atoms with Crippen LogP contribution in [0.5, 0.6) is 0 Å². The van der Waals surface area contributed by atoms with E-state index in [-0.39, 0.29) is 22.4 Å². The second-order valence-electron chi connectivity index (χ2n) is 6.71. The monoisotopic (exact) mass is 414 g/mol. The number of thioether (sulfide) groups is 1. The highest BCUT2D eigenvalue weighted by Crippen LogP contribution is 2.20. The molecule has 2 amide bonds. The highest BCUT2D eigenvalue weighted by atomic mass is 32.2. The van der Waals surface area contributed by atoms with Crippen LogP contribution in [0.2, 0.25) is 0 Å². The van der Waals surface area contributed by atoms with Gasteiger partial charge in [0.15, 0.2) is 0 Å². The van der Waals surface area contributed by atoms with Gasteiger partial charge in [-0.1, -0.05) is 6.42 Å². The number of amides is 2. The maximum atomic E-state index is 12.6. The Hall–Kier alpha value is -1.52. The first-order valence-electron chi connectivity index (χ1n) is 9.31. The lowest BCUT2D eigenvalue weighted by molar-refractivity contribution is -0.130. The summed E-state index contributed by atoms with van der Waals surface area (Å²) >= 11 is 1.74. The van der Waals surface area contributed by atoms with Crippen LogP contribution in [0.3, 0.4) is 0 Å². The third-order valence-corrected chi connectivity index (χ3v) is 7.67. The Kier molecular flexibility index (Phi) is 6.83. The van der Waals surface area contributed by atoms with E-state index in [1.807, 2.05) is 0 Å². The maximum absolute atomic E-state index is 12.6. The van der Waals surface area contributed by atoms with Gasteiger partial charge in [0.1, 0.15) is 10.6 Å². The van der Waals surface area contributed by atoms with Gasteiger partial charge >= 0.3 is 0 Å². The number of aromatic amines is 1. The zero-order valence-corrected chi connectivity index (χ0v) is 16.9. The Morgan fingerprint density at radius 1 is 1.19 bits per heavy atom. The van der Waals surface area contributed by atoms with Crippen LogP contribution in [0.25, 0.3) is 0 Å². The molecule has 0 atom stereocenters. The molecular weight excluding hydrogens is 388 g/mol. The molecule has 0 saturated carbocycles. The van der Waals surface area contributed by atoms with Gasteiger partial charge in [0.05, 0.1) is 0 Å². The molecule has 2 aliphatic rings. The predicted molar refractivity (Wildman–Crippen MR) is 104 cm³/mol. The second kappa shape index (κ2) is 9.11. The fraction of sp³-hybridized carbons (Fsp3) is 0.647. The van der Waals surface area contributed by atoms with E-state index < -0.39 is 10.0 Å². The minimum Gasteiger partial charge on any atom is -0.356 e. The Morgan fingerprint density at radius 2 is 1.96 bits per heavy atom. The molecule has 3 rings (SSSR count). The number of rotatable bonds is 6. The molecule has 27 heavy (non-hydrogen) atoms. The molecule has 3 heterocycles. The molecule has 2 N–H and O–H groups in total. The quantitative estimate of drug-likeness (QED) is 0.720. The lowest BCUT2D eigenvalue weighted by Crippen LogP contribution is -2.38. The second-order valence-corrected chi connectivity index (χ2v) is 9.88. The van der Waals surface area contributed by atoms with Gasteiger partial charge in [-0.15, -0.1) is 0 Å². The predicted octanol–water partition coefficient (Wildman–Crippen LogP) is 0.885. The van der Waals surface area contributed by atoms with Crippen molar-refractivity contribution in [2.75, 3.05) is 44.2 Å². The molecule has 0 bridgehead atoms. The average molecular weight is 415 g/mol. The summed E-state index contributed by atoms with van der Waals surface area (Å²) in [5.41, 5.74) is 0.210. The van der Waals surface area contributed by atoms with E-state index in [4.69, 9.17) is 0 Å². The molecular formula is C17H26N4O4S2. The first-order chi connectivity index (χ1) is 13.0. The minimum absolute atomic E-state index is 0.113. The zero-order chi connectivity index (χ0) is 19.3. The summed E-state index contributed by atoms with van der Waals surface area (Å²) in [6, 6.07) is 1.38. The van der Waals surface area contributed by atoms with Crippen molar-refractivity contribution in [1.29, 1.82) is 0 Å². The molecule has 0 aliphatic carbocycles. The van der Waals surface area contributed by atoms with Gasteiger partial charge in [0, 0.05) is 56.8 Å². The Bertz CT molecular complexity index is 772. The van der Waals surface area contributed by atoms with Crippen LogP contribution in [0, 0.1) is 0 Å². The van der Waals surface area contributed by atoms with Crippen molar-refractivity contribution in [2.45, 2.75) is 30.6 Å². The smallest absolute Gasteiger partial charge is 0.267 e. The largest absolute Gasteiger partial charge is 0.356 e. The topological polar surface area (TPSA) is 103 Å². The van der Waals surface area contributed by atoms with Gasteiger partial charge in [0.25, 0.3) is 5.91 Å². The number of sulfonamides is 1. The lowest BCUT2D eigenvalue weighted by Gasteiger charge is -2.24. The summed E-state index contributed by atoms with van der Waals surface area (Å²) in [6.45, 7) is 2.53. The van der Waals surface area contributed by atoms with E-state index in [0.717, 1.165) is 37.3 Å². The molecule has 0 spiro atoms. The number of nitrogens with one attached hydrogen (secondary N) is 2. The van der Waals surface area contributed by atoms with E-state index in [0.29, 0.717) is 32.6 Å². The number of likely N-dealkylation sites (tertiary alicyclic amines) is 1. The zero-order valence-electron chi connectivity index (χ0n) is 15.3. The highest BCUT2D eigenvalue weighted by molar-refractivity contribution is 7.99. The van der Waals surface area contributed by atoms with E-state index in [1.54, 1.807) is 16.7 Å². The Labute approximate surface area is 164 Å². The van der Waals surface area contributed by atoms with Crippen molar-refractivity contribution in [3.05, 3.63) is 18.0 Å². The maximum Gasteiger partial charge on any atom is 0.267 e. The number of carbonyl (C=O) groups is 2. The van der Waals surface area contributed by atoms with Gasteiger partial charge in [0.2, 0.25) is 15.9 Å². The normalized spacial score (nSPS) is 19.7. The van der Waals surface area contributed by atoms with Crippen molar-refractivity contribution in [1.82, 2.24) is 19.5 Å². The van der Waals surface area contributed by atoms with Crippen molar-refractivity contribution in [3.8, 4) is 0 Å². The molecule has 0 unspecified atom stereocenters. The summed E-state index contributed by atoms with van der Waals surface area (Å²) in [7, 11) is -3.57. The average Bonchev–Trinajstić information content (AvgIpc) is 3.09. The number of hydrogen-bond acceptors (Lipinski definition) is 5. The SMILES string of the molecule is O=C(NCCN1CCCCCC1=O)c1cc(S(=O)(=O)N2CCSCC2)c[nH]1. The molecule has 2 aliphatic heterocycles. The summed E-state index contributed by atoms with van der Waals surface area (Å²) in [6.07, 6.45) is 4.92. The number of aromatic nitrogens is 1. The van der Waals surface area contributed by atoms with Gasteiger partial charge in [-0.2, -0.15) is 16.1 Å². The number of carbonyl (C=O) groups excluding carboxylic acids is 2. The molecule has 2 fully saturated rings. The molecule has 1 aromatic rings. The summed E-state index contributed by atoms with van der Waals surface area (Å²) in [4.78, 5) is 28.9. The molecule has 0 radical (unpaired) electrons. The molecule has 0 aromatic carbocycles. The van der Waals surface area contributed by atoms with Gasteiger partial charge in [-0.25, -0.2) is 8.42 Å². The molecule has 150 valence electrons. The Balaban J connectivity index is 1.54. The fourth-order valence-corrected chi connectivity index (χ4v) is 5.84. The van der Waals surface area contributed by atoms with Crippen LogP contribution in [-0.4, -0.2) is 78.7 Å². The third-order valence-electron chi connectivity index (χ3n) is 4.85. The standard InChI is InChI=1S/C17H26N4O4S2/c22-16-4-2-1-3-6-20(16)7-5-18-17(23)15-12-14(13-19-15)27(24,25)21-8-10-26-11-9-21/h12-13,19H,1-11H2,(H,18,23). The van der Waals surface area contributed by atoms with Crippen LogP contribution >= 0.6 is 11.8 Å². The first kappa shape index (κ1) is 20.2. The first-order valence-corrected chi connectivity index (χ1v) is 11.9. The van der Waals surface area contributed by atoms with Gasteiger partial charge < -0.3 is 15.2 Å². The van der Waals surface area contributed by atoms with Crippen molar-refractivity contribution < 1.29 is 18.0 Å². The van der Waals surface area contributed by atoms with E-state index in [2.05, 4.69) is 10.3 Å². The van der Waals surface area contributed by atoms with E-state index in [1.165, 1.54) is 16.6 Å². The molecule has 2 saturated heterocycles. The number of hydrogen-bond donors (Lipinski definition) is 2. The van der Waals surface area contributed by atoms with Crippen LogP contribution in [0.1, 0.15) is 36.2 Å². The van der Waals surface area contributed by atoms with Crippen molar-refractivity contribution >= 4 is 33.6 Å². The number of nitrogens with zero attached hydrogens (tertiary/aromatic N) is 2. The van der Waals surface area contributed by atoms with Crippen LogP contribution < -0.4 is 5.32 Å². The van der Waals surface area contributed by atoms with Gasteiger partial charge in [-0.3, -0.25) is 9.59 Å². The van der Waals surface area contributed by atoms with Crippen LogP contribution in [0.4, 0.5) is 0 Å². The third kappa shape index (κ3) is 5.05. The van der Waals surface area contributed by atoms with Gasteiger partial charge in [-0.05, 0) is 18.9 Å². The van der Waals surface area contributed by atoms with Crippen LogP contribution in [0.15, 0.2) is 17.2 Å². The summed E-state index contributed by atoms with van der Waals surface area (Å²) in [5, 5.41) is 2.76. The van der Waals surface area contributed by atoms with Crippen molar-refractivity contribution in [3.63, 3.8) is 0 Å². The Morgan fingerprint density at radius 3 is 2.74 bits per heavy atom. The number of H-pyrrole nitrogens is 1. The van der Waals surface area contributed by atoms with E-state index >= 15 is 0 Å². The van der Waals surface area contributed by atoms with E-state index in [9.17, 15) is 18.0 Å². The highest BCUT2D eigenvalue weighted by Gasteiger charge is 2.27. The van der Waals surface area contributed by atoms with Crippen LogP contribution in [-0.2, 0) is 14.8 Å². The summed E-state index contributed by atoms with van der Waals surface area (Å²) < 4.78 is 26.7. The minimum atomic E-state index is -3.57. The molecule has 1 aromatic heterocycles. The summed E-state index contributed by atoms with van der Waals surface area (Å²) in [5.74, 6) is 1.33. The fourth-order valence-electron chi connectivity index (χ4n) is 3.27. The van der Waals surface area contributed by atoms with Crippen molar-refractivity contribution in [2.24, 2.45) is 0 Å². The molecule has 8 nitrogen and oxygen atoms in total.